The van der Waals surface area contributed by atoms with Crippen molar-refractivity contribution in [3.05, 3.63) is 53.8 Å². The van der Waals surface area contributed by atoms with E-state index < -0.39 is 11.7 Å². The van der Waals surface area contributed by atoms with Crippen molar-refractivity contribution in [1.29, 1.82) is 0 Å². The smallest absolute Gasteiger partial charge is 0.264 e. The number of rotatable bonds is 2. The number of nitrogens with zero attached hydrogens (tertiary/aromatic N) is 1. The molecule has 2 aromatic carbocycles. The van der Waals surface area contributed by atoms with Crippen molar-refractivity contribution in [2.75, 3.05) is 23.9 Å². The van der Waals surface area contributed by atoms with E-state index in [2.05, 4.69) is 5.32 Å². The molecule has 1 heterocycles. The standard InChI is InChI=1S/C16H13FN2O3/c1-19-13-8-4-5-10(15(13)22-9-14(19)20)16(21)18-12-7-3-2-6-11(12)17/h2-8H,9H2,1H3,(H,18,21). The van der Waals surface area contributed by atoms with Crippen molar-refractivity contribution in [2.24, 2.45) is 0 Å². The highest BCUT2D eigenvalue weighted by Crippen LogP contribution is 2.34. The second kappa shape index (κ2) is 5.48. The maximum atomic E-state index is 13.6. The molecule has 0 spiro atoms. The van der Waals surface area contributed by atoms with Gasteiger partial charge in [0, 0.05) is 7.05 Å². The fraction of sp³-hybridized carbons (Fsp3) is 0.125. The van der Waals surface area contributed by atoms with Gasteiger partial charge in [-0.05, 0) is 24.3 Å². The van der Waals surface area contributed by atoms with Gasteiger partial charge in [0.25, 0.3) is 11.8 Å². The van der Waals surface area contributed by atoms with Crippen LogP contribution < -0.4 is 15.0 Å². The van der Waals surface area contributed by atoms with E-state index in [1.54, 1.807) is 37.4 Å². The summed E-state index contributed by atoms with van der Waals surface area (Å²) in [6, 6.07) is 10.8. The average molecular weight is 300 g/mol. The fourth-order valence-corrected chi connectivity index (χ4v) is 2.24. The Morgan fingerprint density at radius 3 is 2.77 bits per heavy atom. The molecule has 0 saturated heterocycles. The van der Waals surface area contributed by atoms with Crippen LogP contribution in [0.4, 0.5) is 15.8 Å². The number of benzene rings is 2. The third-order valence-electron chi connectivity index (χ3n) is 3.44. The minimum absolute atomic E-state index is 0.0883. The lowest BCUT2D eigenvalue weighted by Gasteiger charge is -2.27. The first-order chi connectivity index (χ1) is 10.6. The van der Waals surface area contributed by atoms with Crippen molar-refractivity contribution >= 4 is 23.2 Å². The van der Waals surface area contributed by atoms with Crippen LogP contribution in [0.2, 0.25) is 0 Å². The number of nitrogens with one attached hydrogen (secondary N) is 1. The Bertz CT molecular complexity index is 761. The highest BCUT2D eigenvalue weighted by atomic mass is 19.1. The molecule has 2 amide bonds. The number of fused-ring (bicyclic) bond motifs is 1. The summed E-state index contributed by atoms with van der Waals surface area (Å²) in [7, 11) is 1.61. The summed E-state index contributed by atoms with van der Waals surface area (Å²) >= 11 is 0. The lowest BCUT2D eigenvalue weighted by Crippen LogP contribution is -2.36. The third-order valence-corrected chi connectivity index (χ3v) is 3.44. The quantitative estimate of drug-likeness (QED) is 0.926. The zero-order valence-electron chi connectivity index (χ0n) is 11.8. The number of carbonyl (C=O) groups is 2. The predicted octanol–water partition coefficient (Wildman–Crippen LogP) is 2.43. The normalized spacial score (nSPS) is 13.4. The van der Waals surface area contributed by atoms with Crippen LogP contribution in [0.15, 0.2) is 42.5 Å². The minimum atomic E-state index is -0.520. The molecular formula is C16H13FN2O3. The number of para-hydroxylation sites is 2. The molecular weight excluding hydrogens is 287 g/mol. The number of anilines is 2. The van der Waals surface area contributed by atoms with Gasteiger partial charge in [-0.2, -0.15) is 0 Å². The van der Waals surface area contributed by atoms with Crippen LogP contribution >= 0.6 is 0 Å². The van der Waals surface area contributed by atoms with Crippen LogP contribution in [-0.2, 0) is 4.79 Å². The number of ether oxygens (including phenoxy) is 1. The number of carbonyl (C=O) groups excluding carboxylic acids is 2. The Kier molecular flexibility index (Phi) is 3.50. The number of hydrogen-bond acceptors (Lipinski definition) is 3. The third kappa shape index (κ3) is 2.39. The van der Waals surface area contributed by atoms with E-state index in [4.69, 9.17) is 4.74 Å². The number of likely N-dealkylation sites (N-methyl/N-ethyl adjacent to an activating group) is 1. The molecule has 1 aliphatic heterocycles. The van der Waals surface area contributed by atoms with E-state index in [0.29, 0.717) is 11.4 Å². The van der Waals surface area contributed by atoms with E-state index in [1.165, 1.54) is 17.0 Å². The van der Waals surface area contributed by atoms with Gasteiger partial charge in [-0.1, -0.05) is 18.2 Å². The largest absolute Gasteiger partial charge is 0.481 e. The molecule has 1 aliphatic rings. The molecule has 5 nitrogen and oxygen atoms in total. The lowest BCUT2D eigenvalue weighted by molar-refractivity contribution is -0.121. The topological polar surface area (TPSA) is 58.6 Å². The second-order valence-corrected chi connectivity index (χ2v) is 4.83. The molecule has 3 rings (SSSR count). The van der Waals surface area contributed by atoms with Gasteiger partial charge in [0.2, 0.25) is 0 Å². The SMILES string of the molecule is CN1C(=O)COc2c(C(=O)Nc3ccccc3F)cccc21. The zero-order valence-corrected chi connectivity index (χ0v) is 11.8. The van der Waals surface area contributed by atoms with Gasteiger partial charge in [-0.15, -0.1) is 0 Å². The van der Waals surface area contributed by atoms with Gasteiger partial charge in [0.15, 0.2) is 12.4 Å². The Balaban J connectivity index is 1.94. The Labute approximate surface area is 126 Å². The van der Waals surface area contributed by atoms with E-state index in [1.807, 2.05) is 0 Å². The van der Waals surface area contributed by atoms with Crippen LogP contribution in [-0.4, -0.2) is 25.5 Å². The fourth-order valence-electron chi connectivity index (χ4n) is 2.24. The van der Waals surface area contributed by atoms with Gasteiger partial charge in [0.1, 0.15) is 5.82 Å². The van der Waals surface area contributed by atoms with Crippen molar-refractivity contribution in [3.63, 3.8) is 0 Å². The van der Waals surface area contributed by atoms with E-state index in [0.717, 1.165) is 0 Å². The van der Waals surface area contributed by atoms with Crippen molar-refractivity contribution < 1.29 is 18.7 Å². The highest BCUT2D eigenvalue weighted by Gasteiger charge is 2.26. The Morgan fingerprint density at radius 1 is 1.23 bits per heavy atom. The summed E-state index contributed by atoms with van der Waals surface area (Å²) in [5.74, 6) is -0.892. The number of hydrogen-bond donors (Lipinski definition) is 1. The van der Waals surface area contributed by atoms with Gasteiger partial charge in [-0.3, -0.25) is 9.59 Å². The second-order valence-electron chi connectivity index (χ2n) is 4.83. The molecule has 1 N–H and O–H groups in total. The van der Waals surface area contributed by atoms with Crippen LogP contribution in [0.25, 0.3) is 0 Å². The molecule has 0 radical (unpaired) electrons. The Hall–Kier alpha value is -2.89. The van der Waals surface area contributed by atoms with Crippen LogP contribution in [0, 0.1) is 5.82 Å². The maximum absolute atomic E-state index is 13.6. The summed E-state index contributed by atoms with van der Waals surface area (Å²) in [5, 5.41) is 2.51. The number of halogens is 1. The number of amides is 2. The van der Waals surface area contributed by atoms with E-state index in [9.17, 15) is 14.0 Å². The molecule has 0 saturated carbocycles. The monoisotopic (exact) mass is 300 g/mol. The van der Waals surface area contributed by atoms with E-state index >= 15 is 0 Å². The summed E-state index contributed by atoms with van der Waals surface area (Å²) < 4.78 is 19.0. The lowest BCUT2D eigenvalue weighted by atomic mass is 10.1. The molecule has 0 unspecified atom stereocenters. The first-order valence-electron chi connectivity index (χ1n) is 6.66. The van der Waals surface area contributed by atoms with Crippen LogP contribution in [0.3, 0.4) is 0 Å². The first-order valence-corrected chi connectivity index (χ1v) is 6.66. The van der Waals surface area contributed by atoms with Gasteiger partial charge >= 0.3 is 0 Å². The highest BCUT2D eigenvalue weighted by molar-refractivity contribution is 6.09. The summed E-state index contributed by atoms with van der Waals surface area (Å²) in [4.78, 5) is 25.4. The van der Waals surface area contributed by atoms with Crippen molar-refractivity contribution in [2.45, 2.75) is 0 Å². The summed E-state index contributed by atoms with van der Waals surface area (Å²) in [6.07, 6.45) is 0. The minimum Gasteiger partial charge on any atom is -0.481 e. The summed E-state index contributed by atoms with van der Waals surface area (Å²) in [5.41, 5.74) is 0.850. The molecule has 0 atom stereocenters. The molecule has 0 fully saturated rings. The van der Waals surface area contributed by atoms with Crippen LogP contribution in [0.5, 0.6) is 5.75 Å². The Morgan fingerprint density at radius 2 is 2.00 bits per heavy atom. The van der Waals surface area contributed by atoms with Gasteiger partial charge in [-0.25, -0.2) is 4.39 Å². The van der Waals surface area contributed by atoms with Gasteiger partial charge in [0.05, 0.1) is 16.9 Å². The predicted molar refractivity (Wildman–Crippen MR) is 79.7 cm³/mol. The molecule has 0 bridgehead atoms. The average Bonchev–Trinajstić information content (AvgIpc) is 2.52. The van der Waals surface area contributed by atoms with E-state index in [-0.39, 0.29) is 23.8 Å². The summed E-state index contributed by atoms with van der Waals surface area (Å²) in [6.45, 7) is -0.131. The van der Waals surface area contributed by atoms with Crippen molar-refractivity contribution in [1.82, 2.24) is 0 Å². The van der Waals surface area contributed by atoms with Crippen molar-refractivity contribution in [3.8, 4) is 5.75 Å². The van der Waals surface area contributed by atoms with Crippen LogP contribution in [0.1, 0.15) is 10.4 Å². The molecule has 2 aromatic rings. The molecule has 0 aliphatic carbocycles. The van der Waals surface area contributed by atoms with Gasteiger partial charge < -0.3 is 15.0 Å². The molecule has 6 heteroatoms. The first kappa shape index (κ1) is 14.1. The molecule has 22 heavy (non-hydrogen) atoms. The maximum Gasteiger partial charge on any atom is 0.264 e. The molecule has 112 valence electrons. The zero-order chi connectivity index (χ0) is 15.7. The molecule has 0 aromatic heterocycles.